The van der Waals surface area contributed by atoms with Crippen LogP contribution in [0, 0.1) is 0 Å². The van der Waals surface area contributed by atoms with Gasteiger partial charge in [0.15, 0.2) is 0 Å². The van der Waals surface area contributed by atoms with Gasteiger partial charge in [-0.2, -0.15) is 0 Å². The summed E-state index contributed by atoms with van der Waals surface area (Å²) in [6.45, 7) is 1.38. The molecule has 2 amide bonds. The topological polar surface area (TPSA) is 84.0 Å². The summed E-state index contributed by atoms with van der Waals surface area (Å²) in [5, 5.41) is 5.17. The third-order valence-electron chi connectivity index (χ3n) is 2.30. The molecule has 2 N–H and O–H groups in total. The Labute approximate surface area is 123 Å². The van der Waals surface area contributed by atoms with Crippen LogP contribution in [0.15, 0.2) is 41.1 Å². The number of carbonyl (C=O) groups is 2. The summed E-state index contributed by atoms with van der Waals surface area (Å²) in [4.78, 5) is 31.0. The molecule has 102 valence electrons. The van der Waals surface area contributed by atoms with Crippen molar-refractivity contribution in [2.75, 3.05) is 10.6 Å². The zero-order valence-corrected chi connectivity index (χ0v) is 12.1. The number of anilines is 2. The van der Waals surface area contributed by atoms with Gasteiger partial charge in [0.2, 0.25) is 5.91 Å². The van der Waals surface area contributed by atoms with Gasteiger partial charge in [0.25, 0.3) is 5.91 Å². The molecule has 0 radical (unpaired) electrons. The maximum atomic E-state index is 12.0. The molecule has 0 aromatic carbocycles. The quantitative estimate of drug-likeness (QED) is 0.902. The van der Waals surface area contributed by atoms with Crippen molar-refractivity contribution in [1.82, 2.24) is 9.97 Å². The van der Waals surface area contributed by atoms with Gasteiger partial charge < -0.3 is 10.6 Å². The highest BCUT2D eigenvalue weighted by atomic mass is 79.9. The van der Waals surface area contributed by atoms with Crippen molar-refractivity contribution in [2.45, 2.75) is 6.92 Å². The molecule has 0 fully saturated rings. The smallest absolute Gasteiger partial charge is 0.257 e. The molecule has 7 heteroatoms. The number of halogens is 1. The van der Waals surface area contributed by atoms with Crippen molar-refractivity contribution in [3.8, 4) is 0 Å². The number of nitrogens with one attached hydrogen (secondary N) is 2. The van der Waals surface area contributed by atoms with Crippen molar-refractivity contribution in [1.29, 1.82) is 0 Å². The van der Waals surface area contributed by atoms with Gasteiger partial charge >= 0.3 is 0 Å². The Hall–Kier alpha value is -2.28. The van der Waals surface area contributed by atoms with Crippen molar-refractivity contribution in [3.05, 3.63) is 46.7 Å². The summed E-state index contributed by atoms with van der Waals surface area (Å²) in [6, 6.07) is 6.50. The van der Waals surface area contributed by atoms with Gasteiger partial charge in [-0.15, -0.1) is 0 Å². The Balaban J connectivity index is 2.12. The van der Waals surface area contributed by atoms with Gasteiger partial charge in [-0.1, -0.05) is 0 Å². The lowest BCUT2D eigenvalue weighted by atomic mass is 10.2. The number of amides is 2. The average molecular weight is 335 g/mol. The van der Waals surface area contributed by atoms with Crippen molar-refractivity contribution in [2.24, 2.45) is 0 Å². The SMILES string of the molecule is CC(=O)Nc1cc(C(=O)Nc2ccc(Br)cn2)ccn1. The van der Waals surface area contributed by atoms with E-state index < -0.39 is 0 Å². The summed E-state index contributed by atoms with van der Waals surface area (Å²) in [5.41, 5.74) is 0.383. The molecule has 0 aliphatic carbocycles. The zero-order chi connectivity index (χ0) is 14.5. The van der Waals surface area contributed by atoms with E-state index in [1.54, 1.807) is 24.4 Å². The number of pyridine rings is 2. The van der Waals surface area contributed by atoms with Gasteiger partial charge in [0.1, 0.15) is 11.6 Å². The summed E-state index contributed by atoms with van der Waals surface area (Å²) < 4.78 is 0.826. The molecule has 20 heavy (non-hydrogen) atoms. The minimum atomic E-state index is -0.325. The van der Waals surface area contributed by atoms with Crippen LogP contribution in [0.3, 0.4) is 0 Å². The summed E-state index contributed by atoms with van der Waals surface area (Å²) in [5.74, 6) is 0.198. The van der Waals surface area contributed by atoms with E-state index in [-0.39, 0.29) is 11.8 Å². The zero-order valence-electron chi connectivity index (χ0n) is 10.6. The highest BCUT2D eigenvalue weighted by Gasteiger charge is 2.08. The summed E-state index contributed by atoms with van der Waals surface area (Å²) >= 11 is 3.27. The lowest BCUT2D eigenvalue weighted by molar-refractivity contribution is -0.114. The van der Waals surface area contributed by atoms with E-state index in [0.29, 0.717) is 17.2 Å². The van der Waals surface area contributed by atoms with Crippen LogP contribution in [0.4, 0.5) is 11.6 Å². The Bertz CT molecular complexity index is 643. The second kappa shape index (κ2) is 6.25. The fourth-order valence-corrected chi connectivity index (χ4v) is 1.69. The van der Waals surface area contributed by atoms with Crippen LogP contribution >= 0.6 is 15.9 Å². The van der Waals surface area contributed by atoms with E-state index in [0.717, 1.165) is 4.47 Å². The van der Waals surface area contributed by atoms with Crippen LogP contribution in [-0.4, -0.2) is 21.8 Å². The molecule has 0 unspecified atom stereocenters. The molecule has 2 aromatic rings. The van der Waals surface area contributed by atoms with Crippen LogP contribution in [0.2, 0.25) is 0 Å². The first-order chi connectivity index (χ1) is 9.54. The second-order valence-electron chi connectivity index (χ2n) is 3.93. The van der Waals surface area contributed by atoms with Gasteiger partial charge in [-0.25, -0.2) is 9.97 Å². The number of aromatic nitrogens is 2. The molecule has 2 heterocycles. The fraction of sp³-hybridized carbons (Fsp3) is 0.0769. The molecule has 0 atom stereocenters. The van der Waals surface area contributed by atoms with Crippen LogP contribution in [-0.2, 0) is 4.79 Å². The number of hydrogen-bond donors (Lipinski definition) is 2. The standard InChI is InChI=1S/C13H11BrN4O2/c1-8(19)17-12-6-9(4-5-15-12)13(20)18-11-3-2-10(14)7-16-11/h2-7H,1H3,(H,15,17,19)(H,16,18,20). The maximum absolute atomic E-state index is 12.0. The van der Waals surface area contributed by atoms with E-state index in [1.165, 1.54) is 19.2 Å². The highest BCUT2D eigenvalue weighted by molar-refractivity contribution is 9.10. The molecule has 0 spiro atoms. The third-order valence-corrected chi connectivity index (χ3v) is 2.76. The van der Waals surface area contributed by atoms with E-state index in [1.807, 2.05) is 0 Å². The highest BCUT2D eigenvalue weighted by Crippen LogP contribution is 2.13. The van der Waals surface area contributed by atoms with Crippen molar-refractivity contribution < 1.29 is 9.59 Å². The average Bonchev–Trinajstić information content (AvgIpc) is 2.41. The van der Waals surface area contributed by atoms with Crippen molar-refractivity contribution >= 4 is 39.4 Å². The molecule has 2 aromatic heterocycles. The molecule has 0 aliphatic rings. The number of nitrogens with zero attached hydrogens (tertiary/aromatic N) is 2. The monoisotopic (exact) mass is 334 g/mol. The molecule has 0 bridgehead atoms. The minimum Gasteiger partial charge on any atom is -0.311 e. The van der Waals surface area contributed by atoms with Gasteiger partial charge in [-0.3, -0.25) is 9.59 Å². The second-order valence-corrected chi connectivity index (χ2v) is 4.84. The van der Waals surface area contributed by atoms with Crippen molar-refractivity contribution in [3.63, 3.8) is 0 Å². The number of rotatable bonds is 3. The summed E-state index contributed by atoms with van der Waals surface area (Å²) in [7, 11) is 0. The van der Waals surface area contributed by atoms with Gasteiger partial charge in [-0.05, 0) is 40.2 Å². The largest absolute Gasteiger partial charge is 0.311 e. The normalized spacial score (nSPS) is 9.90. The fourth-order valence-electron chi connectivity index (χ4n) is 1.46. The first-order valence-corrected chi connectivity index (χ1v) is 6.50. The van der Waals surface area contributed by atoms with Crippen LogP contribution in [0.1, 0.15) is 17.3 Å². The molecule has 0 saturated heterocycles. The van der Waals surface area contributed by atoms with Crippen LogP contribution < -0.4 is 10.6 Å². The van der Waals surface area contributed by atoms with Crippen LogP contribution in [0.25, 0.3) is 0 Å². The predicted octanol–water partition coefficient (Wildman–Crippen LogP) is 2.45. The Morgan fingerprint density at radius 2 is 1.90 bits per heavy atom. The molecule has 0 saturated carbocycles. The third kappa shape index (κ3) is 3.86. The first-order valence-electron chi connectivity index (χ1n) is 5.71. The molecule has 6 nitrogen and oxygen atoms in total. The van der Waals surface area contributed by atoms with E-state index in [9.17, 15) is 9.59 Å². The van der Waals surface area contributed by atoms with Gasteiger partial charge in [0.05, 0.1) is 0 Å². The minimum absolute atomic E-state index is 0.246. The summed E-state index contributed by atoms with van der Waals surface area (Å²) in [6.07, 6.45) is 3.04. The molecule has 0 aliphatic heterocycles. The first kappa shape index (κ1) is 14.1. The molecular weight excluding hydrogens is 324 g/mol. The Morgan fingerprint density at radius 3 is 2.55 bits per heavy atom. The number of hydrogen-bond acceptors (Lipinski definition) is 4. The lowest BCUT2D eigenvalue weighted by Crippen LogP contribution is -2.14. The Kier molecular flexibility index (Phi) is 4.41. The maximum Gasteiger partial charge on any atom is 0.257 e. The lowest BCUT2D eigenvalue weighted by Gasteiger charge is -2.06. The van der Waals surface area contributed by atoms with Crippen LogP contribution in [0.5, 0.6) is 0 Å². The van der Waals surface area contributed by atoms with E-state index in [4.69, 9.17) is 0 Å². The van der Waals surface area contributed by atoms with E-state index in [2.05, 4.69) is 36.5 Å². The number of carbonyl (C=O) groups excluding carboxylic acids is 2. The van der Waals surface area contributed by atoms with Gasteiger partial charge in [0, 0.05) is 29.4 Å². The Morgan fingerprint density at radius 1 is 1.10 bits per heavy atom. The molecular formula is C13H11BrN4O2. The van der Waals surface area contributed by atoms with E-state index >= 15 is 0 Å². The molecule has 2 rings (SSSR count). The predicted molar refractivity (Wildman–Crippen MR) is 78.4 cm³/mol.